The minimum Gasteiger partial charge on any atom is -0.366 e. The second-order valence-corrected chi connectivity index (χ2v) is 5.84. The Kier molecular flexibility index (Phi) is 4.42. The second-order valence-electron chi connectivity index (χ2n) is 4.76. The standard InChI is InChI=1S/C12H18IN3O/c1-8-5-3-2-4-6-9(8)16-11-10(13)12(17)15-7-14-11/h7-9H,2-6H2,1H3,(H2,14,15,16,17). The van der Waals surface area contributed by atoms with E-state index in [1.165, 1.54) is 38.4 Å². The Morgan fingerprint density at radius 3 is 3.00 bits per heavy atom. The fraction of sp³-hybridized carbons (Fsp3) is 0.667. The Morgan fingerprint density at radius 1 is 1.41 bits per heavy atom. The number of anilines is 1. The molecule has 0 amide bonds. The molecule has 1 aromatic rings. The summed E-state index contributed by atoms with van der Waals surface area (Å²) in [6, 6.07) is 0.445. The normalized spacial score (nSPS) is 25.3. The van der Waals surface area contributed by atoms with Crippen molar-refractivity contribution in [1.82, 2.24) is 9.97 Å². The number of H-pyrrole nitrogens is 1. The smallest absolute Gasteiger partial charge is 0.266 e. The van der Waals surface area contributed by atoms with Gasteiger partial charge in [0, 0.05) is 6.04 Å². The van der Waals surface area contributed by atoms with E-state index in [-0.39, 0.29) is 5.56 Å². The summed E-state index contributed by atoms with van der Waals surface area (Å²) in [5, 5.41) is 3.44. The van der Waals surface area contributed by atoms with E-state index in [0.717, 1.165) is 5.82 Å². The number of aromatic amines is 1. The molecule has 1 aliphatic carbocycles. The van der Waals surface area contributed by atoms with E-state index < -0.39 is 0 Å². The Hall–Kier alpha value is -0.590. The van der Waals surface area contributed by atoms with Crippen molar-refractivity contribution in [2.24, 2.45) is 5.92 Å². The van der Waals surface area contributed by atoms with Crippen molar-refractivity contribution in [3.63, 3.8) is 0 Å². The van der Waals surface area contributed by atoms with Crippen molar-refractivity contribution in [2.45, 2.75) is 45.1 Å². The van der Waals surface area contributed by atoms with Crippen molar-refractivity contribution < 1.29 is 0 Å². The Labute approximate surface area is 115 Å². The quantitative estimate of drug-likeness (QED) is 0.639. The van der Waals surface area contributed by atoms with Gasteiger partial charge in [-0.05, 0) is 41.4 Å². The molecular formula is C12H18IN3O. The molecule has 0 aliphatic heterocycles. The molecule has 1 saturated carbocycles. The maximum Gasteiger partial charge on any atom is 0.266 e. The molecule has 2 unspecified atom stereocenters. The van der Waals surface area contributed by atoms with Crippen LogP contribution in [0, 0.1) is 9.49 Å². The van der Waals surface area contributed by atoms with Gasteiger partial charge in [0.25, 0.3) is 5.56 Å². The highest BCUT2D eigenvalue weighted by molar-refractivity contribution is 14.1. The third-order valence-electron chi connectivity index (χ3n) is 3.48. The molecule has 4 nitrogen and oxygen atoms in total. The van der Waals surface area contributed by atoms with Gasteiger partial charge in [-0.15, -0.1) is 0 Å². The fourth-order valence-corrected chi connectivity index (χ4v) is 2.82. The van der Waals surface area contributed by atoms with Crippen molar-refractivity contribution in [3.8, 4) is 0 Å². The zero-order chi connectivity index (χ0) is 12.3. The van der Waals surface area contributed by atoms with E-state index in [1.807, 2.05) is 22.6 Å². The highest BCUT2D eigenvalue weighted by atomic mass is 127. The minimum absolute atomic E-state index is 0.0654. The summed E-state index contributed by atoms with van der Waals surface area (Å²) in [4.78, 5) is 18.3. The van der Waals surface area contributed by atoms with Gasteiger partial charge < -0.3 is 10.3 Å². The highest BCUT2D eigenvalue weighted by Crippen LogP contribution is 2.25. The van der Waals surface area contributed by atoms with Crippen LogP contribution in [0.1, 0.15) is 39.0 Å². The molecule has 17 heavy (non-hydrogen) atoms. The average molecular weight is 347 g/mol. The lowest BCUT2D eigenvalue weighted by atomic mass is 9.97. The molecule has 1 heterocycles. The Bertz CT molecular complexity index is 432. The zero-order valence-corrected chi connectivity index (χ0v) is 12.2. The van der Waals surface area contributed by atoms with Crippen molar-refractivity contribution in [2.75, 3.05) is 5.32 Å². The van der Waals surface area contributed by atoms with Crippen LogP contribution in [0.25, 0.3) is 0 Å². The SMILES string of the molecule is CC1CCCCCC1Nc1nc[nH]c(=O)c1I. The summed E-state index contributed by atoms with van der Waals surface area (Å²) >= 11 is 2.05. The number of aromatic nitrogens is 2. The maximum atomic E-state index is 11.5. The lowest BCUT2D eigenvalue weighted by Crippen LogP contribution is -2.28. The van der Waals surface area contributed by atoms with Crippen LogP contribution in [0.4, 0.5) is 5.82 Å². The van der Waals surface area contributed by atoms with E-state index >= 15 is 0 Å². The number of rotatable bonds is 2. The van der Waals surface area contributed by atoms with Crippen LogP contribution in [0.15, 0.2) is 11.1 Å². The fourth-order valence-electron chi connectivity index (χ4n) is 2.37. The summed E-state index contributed by atoms with van der Waals surface area (Å²) in [5.41, 5.74) is -0.0654. The molecule has 94 valence electrons. The van der Waals surface area contributed by atoms with E-state index in [0.29, 0.717) is 15.5 Å². The topological polar surface area (TPSA) is 57.8 Å². The van der Waals surface area contributed by atoms with Crippen LogP contribution >= 0.6 is 22.6 Å². The van der Waals surface area contributed by atoms with Crippen LogP contribution in [0.2, 0.25) is 0 Å². The summed E-state index contributed by atoms with van der Waals surface area (Å²) in [6.45, 7) is 2.28. The molecule has 1 aromatic heterocycles. The maximum absolute atomic E-state index is 11.5. The zero-order valence-electron chi connectivity index (χ0n) is 10.0. The molecule has 2 atom stereocenters. The Morgan fingerprint density at radius 2 is 2.18 bits per heavy atom. The predicted molar refractivity (Wildman–Crippen MR) is 77.2 cm³/mol. The lowest BCUT2D eigenvalue weighted by Gasteiger charge is -2.23. The van der Waals surface area contributed by atoms with Crippen LogP contribution in [-0.2, 0) is 0 Å². The predicted octanol–water partition coefficient (Wildman–Crippen LogP) is 2.76. The largest absolute Gasteiger partial charge is 0.366 e. The molecule has 1 aliphatic rings. The van der Waals surface area contributed by atoms with Gasteiger partial charge in [-0.25, -0.2) is 4.98 Å². The number of hydrogen-bond acceptors (Lipinski definition) is 3. The molecule has 0 aromatic carbocycles. The van der Waals surface area contributed by atoms with Crippen LogP contribution in [-0.4, -0.2) is 16.0 Å². The Balaban J connectivity index is 2.13. The third-order valence-corrected chi connectivity index (χ3v) is 4.48. The van der Waals surface area contributed by atoms with Gasteiger partial charge in [-0.2, -0.15) is 0 Å². The summed E-state index contributed by atoms with van der Waals surface area (Å²) < 4.78 is 0.654. The van der Waals surface area contributed by atoms with Gasteiger partial charge in [0.05, 0.1) is 6.33 Å². The molecule has 0 saturated heterocycles. The van der Waals surface area contributed by atoms with Gasteiger partial charge in [0.1, 0.15) is 9.39 Å². The summed E-state index contributed by atoms with van der Waals surface area (Å²) in [5.74, 6) is 1.38. The van der Waals surface area contributed by atoms with Gasteiger partial charge in [0.2, 0.25) is 0 Å². The van der Waals surface area contributed by atoms with Gasteiger partial charge in [-0.3, -0.25) is 4.79 Å². The highest BCUT2D eigenvalue weighted by Gasteiger charge is 2.21. The molecule has 2 rings (SSSR count). The van der Waals surface area contributed by atoms with Crippen LogP contribution in [0.5, 0.6) is 0 Å². The third kappa shape index (κ3) is 3.20. The van der Waals surface area contributed by atoms with E-state index in [2.05, 4.69) is 22.2 Å². The van der Waals surface area contributed by atoms with Gasteiger partial charge in [0.15, 0.2) is 0 Å². The van der Waals surface area contributed by atoms with E-state index in [1.54, 1.807) is 0 Å². The monoisotopic (exact) mass is 347 g/mol. The first-order chi connectivity index (χ1) is 8.18. The molecular weight excluding hydrogens is 329 g/mol. The first kappa shape index (κ1) is 12.9. The molecule has 0 radical (unpaired) electrons. The van der Waals surface area contributed by atoms with E-state index in [4.69, 9.17) is 0 Å². The lowest BCUT2D eigenvalue weighted by molar-refractivity contribution is 0.455. The van der Waals surface area contributed by atoms with Gasteiger partial charge >= 0.3 is 0 Å². The minimum atomic E-state index is -0.0654. The first-order valence-corrected chi connectivity index (χ1v) is 7.26. The van der Waals surface area contributed by atoms with Gasteiger partial charge in [-0.1, -0.05) is 26.2 Å². The van der Waals surface area contributed by atoms with Crippen molar-refractivity contribution >= 4 is 28.4 Å². The average Bonchev–Trinajstić information content (AvgIpc) is 2.51. The molecule has 1 fully saturated rings. The number of hydrogen-bond donors (Lipinski definition) is 2. The molecule has 0 bridgehead atoms. The summed E-state index contributed by atoms with van der Waals surface area (Å²) in [6.07, 6.45) is 7.81. The first-order valence-electron chi connectivity index (χ1n) is 6.18. The van der Waals surface area contributed by atoms with Crippen molar-refractivity contribution in [1.29, 1.82) is 0 Å². The number of halogens is 1. The van der Waals surface area contributed by atoms with Crippen LogP contribution < -0.4 is 10.9 Å². The van der Waals surface area contributed by atoms with E-state index in [9.17, 15) is 4.79 Å². The van der Waals surface area contributed by atoms with Crippen molar-refractivity contribution in [3.05, 3.63) is 20.3 Å². The molecule has 2 N–H and O–H groups in total. The second kappa shape index (κ2) is 5.84. The summed E-state index contributed by atoms with van der Waals surface area (Å²) in [7, 11) is 0. The number of nitrogens with zero attached hydrogens (tertiary/aromatic N) is 1. The molecule has 5 heteroatoms. The number of nitrogens with one attached hydrogen (secondary N) is 2. The molecule has 0 spiro atoms. The van der Waals surface area contributed by atoms with Crippen LogP contribution in [0.3, 0.4) is 0 Å².